The molecule has 0 aliphatic carbocycles. The lowest BCUT2D eigenvalue weighted by molar-refractivity contribution is 0.630. The number of benzene rings is 2. The van der Waals surface area contributed by atoms with E-state index in [4.69, 9.17) is 11.6 Å². The zero-order valence-electron chi connectivity index (χ0n) is 13.1. The van der Waals surface area contributed by atoms with Crippen molar-refractivity contribution in [1.82, 2.24) is 20.2 Å². The second-order valence-electron chi connectivity index (χ2n) is 5.83. The minimum atomic E-state index is -0.472. The van der Waals surface area contributed by atoms with E-state index in [1.165, 1.54) is 23.3 Å². The molecule has 0 unspecified atom stereocenters. The summed E-state index contributed by atoms with van der Waals surface area (Å²) in [5, 5.41) is 7.38. The number of aromatic amines is 2. The molecule has 0 atom stereocenters. The molecule has 0 amide bonds. The minimum absolute atomic E-state index is 0.0565. The van der Waals surface area contributed by atoms with Gasteiger partial charge in [0.15, 0.2) is 5.82 Å². The number of H-pyrrole nitrogens is 2. The molecule has 0 aliphatic heterocycles. The molecule has 0 bridgehead atoms. The Labute approximate surface area is 142 Å². The number of nitrogens with zero attached hydrogens (tertiary/aromatic N) is 2. The van der Waals surface area contributed by atoms with Gasteiger partial charge in [-0.05, 0) is 43.2 Å². The quantitative estimate of drug-likeness (QED) is 0.537. The molecule has 0 aliphatic rings. The van der Waals surface area contributed by atoms with Crippen molar-refractivity contribution >= 4 is 22.6 Å². The molecule has 0 spiro atoms. The second kappa shape index (κ2) is 5.46. The van der Waals surface area contributed by atoms with Gasteiger partial charge in [0.2, 0.25) is 0 Å². The van der Waals surface area contributed by atoms with Crippen LogP contribution in [0.25, 0.3) is 33.8 Å². The van der Waals surface area contributed by atoms with E-state index in [0.29, 0.717) is 16.9 Å². The van der Waals surface area contributed by atoms with Crippen LogP contribution in [-0.2, 0) is 0 Å². The third kappa shape index (κ3) is 2.47. The molecular formula is C18H14ClFN4. The van der Waals surface area contributed by atoms with E-state index in [0.717, 1.165) is 17.0 Å². The molecule has 2 N–H and O–H groups in total. The van der Waals surface area contributed by atoms with Gasteiger partial charge >= 0.3 is 0 Å². The number of rotatable bonds is 2. The molecule has 0 fully saturated rings. The summed E-state index contributed by atoms with van der Waals surface area (Å²) in [6, 6.07) is 11.0. The van der Waals surface area contributed by atoms with E-state index in [9.17, 15) is 4.39 Å². The van der Waals surface area contributed by atoms with Gasteiger partial charge in [-0.1, -0.05) is 23.7 Å². The average molecular weight is 341 g/mol. The van der Waals surface area contributed by atoms with Crippen LogP contribution in [-0.4, -0.2) is 20.2 Å². The lowest BCUT2D eigenvalue weighted by Crippen LogP contribution is -1.83. The maximum atomic E-state index is 13.6. The molecule has 2 aromatic carbocycles. The molecule has 0 saturated heterocycles. The standard InChI is InChI=1S/C18H14ClFN4/c1-9-3-4-11(5-10(9)2)14-8-17(24-23-14)18-21-15-6-12(19)13(20)7-16(15)22-18/h3-8H,1-2H3,(H,21,22)(H,23,24). The highest BCUT2D eigenvalue weighted by Gasteiger charge is 2.12. The van der Waals surface area contributed by atoms with E-state index in [1.54, 1.807) is 0 Å². The molecule has 4 aromatic rings. The van der Waals surface area contributed by atoms with Crippen molar-refractivity contribution in [2.45, 2.75) is 13.8 Å². The number of fused-ring (bicyclic) bond motifs is 1. The van der Waals surface area contributed by atoms with E-state index in [1.807, 2.05) is 12.1 Å². The van der Waals surface area contributed by atoms with E-state index in [2.05, 4.69) is 46.1 Å². The molecule has 4 nitrogen and oxygen atoms in total. The summed E-state index contributed by atoms with van der Waals surface area (Å²) >= 11 is 5.81. The SMILES string of the molecule is Cc1ccc(-c2cc(-c3nc4cc(Cl)c(F)cc4[nH]3)[nH]n2)cc1C. The number of hydrogen-bond acceptors (Lipinski definition) is 2. The highest BCUT2D eigenvalue weighted by Crippen LogP contribution is 2.27. The van der Waals surface area contributed by atoms with Gasteiger partial charge in [-0.2, -0.15) is 5.10 Å². The maximum Gasteiger partial charge on any atom is 0.156 e. The Kier molecular flexibility index (Phi) is 3.39. The normalized spacial score (nSPS) is 11.3. The smallest absolute Gasteiger partial charge is 0.156 e. The van der Waals surface area contributed by atoms with Crippen LogP contribution in [0.15, 0.2) is 36.4 Å². The van der Waals surface area contributed by atoms with E-state index >= 15 is 0 Å². The van der Waals surface area contributed by atoms with Crippen LogP contribution in [0.2, 0.25) is 5.02 Å². The summed E-state index contributed by atoms with van der Waals surface area (Å²) in [6.07, 6.45) is 0. The van der Waals surface area contributed by atoms with Gasteiger partial charge in [0.1, 0.15) is 11.5 Å². The fourth-order valence-corrected chi connectivity index (χ4v) is 2.78. The van der Waals surface area contributed by atoms with Gasteiger partial charge in [0.05, 0.1) is 21.7 Å². The minimum Gasteiger partial charge on any atom is -0.337 e. The van der Waals surface area contributed by atoms with E-state index < -0.39 is 5.82 Å². The van der Waals surface area contributed by atoms with Crippen LogP contribution < -0.4 is 0 Å². The van der Waals surface area contributed by atoms with Crippen molar-refractivity contribution in [2.75, 3.05) is 0 Å². The van der Waals surface area contributed by atoms with Gasteiger partial charge in [-0.15, -0.1) is 0 Å². The predicted octanol–water partition coefficient (Wildman–Crippen LogP) is 5.03. The summed E-state index contributed by atoms with van der Waals surface area (Å²) in [5.41, 5.74) is 6.25. The fourth-order valence-electron chi connectivity index (χ4n) is 2.62. The van der Waals surface area contributed by atoms with Crippen LogP contribution in [0.1, 0.15) is 11.1 Å². The Hall–Kier alpha value is -2.66. The monoisotopic (exact) mass is 340 g/mol. The molecule has 0 radical (unpaired) electrons. The molecule has 2 heterocycles. The first-order valence-corrected chi connectivity index (χ1v) is 7.87. The lowest BCUT2D eigenvalue weighted by atomic mass is 10.0. The van der Waals surface area contributed by atoms with Crippen LogP contribution >= 0.6 is 11.6 Å². The van der Waals surface area contributed by atoms with Crippen molar-refractivity contribution in [2.24, 2.45) is 0 Å². The van der Waals surface area contributed by atoms with Crippen molar-refractivity contribution in [3.63, 3.8) is 0 Å². The summed E-state index contributed by atoms with van der Waals surface area (Å²) in [5.74, 6) is 0.119. The third-order valence-electron chi connectivity index (χ3n) is 4.16. The Morgan fingerprint density at radius 2 is 1.88 bits per heavy atom. The van der Waals surface area contributed by atoms with Crippen molar-refractivity contribution in [3.05, 3.63) is 58.4 Å². The Morgan fingerprint density at radius 1 is 1.04 bits per heavy atom. The number of hydrogen-bond donors (Lipinski definition) is 2. The van der Waals surface area contributed by atoms with Crippen LogP contribution in [0.5, 0.6) is 0 Å². The molecule has 24 heavy (non-hydrogen) atoms. The predicted molar refractivity (Wildman–Crippen MR) is 93.6 cm³/mol. The maximum absolute atomic E-state index is 13.6. The van der Waals surface area contributed by atoms with Crippen LogP contribution in [0.4, 0.5) is 4.39 Å². The molecule has 4 rings (SSSR count). The first-order chi connectivity index (χ1) is 11.5. The first kappa shape index (κ1) is 14.9. The van der Waals surface area contributed by atoms with Gasteiger partial charge in [0, 0.05) is 11.6 Å². The second-order valence-corrected chi connectivity index (χ2v) is 6.24. The number of aryl methyl sites for hydroxylation is 2. The van der Waals surface area contributed by atoms with Crippen LogP contribution in [0.3, 0.4) is 0 Å². The number of nitrogens with one attached hydrogen (secondary N) is 2. The fraction of sp³-hybridized carbons (Fsp3) is 0.111. The van der Waals surface area contributed by atoms with E-state index in [-0.39, 0.29) is 5.02 Å². The topological polar surface area (TPSA) is 57.4 Å². The van der Waals surface area contributed by atoms with Gasteiger partial charge < -0.3 is 4.98 Å². The van der Waals surface area contributed by atoms with Gasteiger partial charge in [-0.3, -0.25) is 5.10 Å². The Bertz CT molecular complexity index is 1030. The molecule has 0 saturated carbocycles. The molecule has 120 valence electrons. The highest BCUT2D eigenvalue weighted by molar-refractivity contribution is 6.31. The third-order valence-corrected chi connectivity index (χ3v) is 4.45. The van der Waals surface area contributed by atoms with Crippen molar-refractivity contribution < 1.29 is 4.39 Å². The Morgan fingerprint density at radius 3 is 2.67 bits per heavy atom. The number of halogens is 2. The zero-order valence-corrected chi connectivity index (χ0v) is 13.9. The number of imidazole rings is 1. The molecule has 2 aromatic heterocycles. The summed E-state index contributed by atoms with van der Waals surface area (Å²) < 4.78 is 13.6. The first-order valence-electron chi connectivity index (χ1n) is 7.49. The zero-order chi connectivity index (χ0) is 16.8. The Balaban J connectivity index is 1.75. The van der Waals surface area contributed by atoms with Gasteiger partial charge in [0.25, 0.3) is 0 Å². The average Bonchev–Trinajstić information content (AvgIpc) is 3.17. The number of aromatic nitrogens is 4. The highest BCUT2D eigenvalue weighted by atomic mass is 35.5. The summed E-state index contributed by atoms with van der Waals surface area (Å²) in [4.78, 5) is 7.53. The molecular weight excluding hydrogens is 327 g/mol. The van der Waals surface area contributed by atoms with Crippen molar-refractivity contribution in [3.8, 4) is 22.8 Å². The summed E-state index contributed by atoms with van der Waals surface area (Å²) in [7, 11) is 0. The molecule has 6 heteroatoms. The summed E-state index contributed by atoms with van der Waals surface area (Å²) in [6.45, 7) is 4.15. The largest absolute Gasteiger partial charge is 0.337 e. The van der Waals surface area contributed by atoms with Gasteiger partial charge in [-0.25, -0.2) is 9.37 Å². The lowest BCUT2D eigenvalue weighted by Gasteiger charge is -2.01. The van der Waals surface area contributed by atoms with Crippen molar-refractivity contribution in [1.29, 1.82) is 0 Å². The van der Waals surface area contributed by atoms with Crippen LogP contribution in [0, 0.1) is 19.7 Å².